The maximum atomic E-state index is 13.8. The number of carbonyl (C=O) groups excluding carboxylic acids is 1. The van der Waals surface area contributed by atoms with Crippen molar-refractivity contribution in [1.82, 2.24) is 4.57 Å². The van der Waals surface area contributed by atoms with E-state index >= 15 is 0 Å². The molecule has 6 nitrogen and oxygen atoms in total. The quantitative estimate of drug-likeness (QED) is 0.161. The van der Waals surface area contributed by atoms with Gasteiger partial charge in [0.05, 0.1) is 35.6 Å². The molecular weight excluding hydrogens is 793 g/mol. The summed E-state index contributed by atoms with van der Waals surface area (Å²) >= 11 is 11.7. The Bertz CT molecular complexity index is 1830. The Morgan fingerprint density at radius 3 is 2.41 bits per heavy atom. The Balaban J connectivity index is 1.54. The molecule has 4 aromatic rings. The highest BCUT2D eigenvalue weighted by molar-refractivity contribution is 14.1. The second kappa shape index (κ2) is 12.8. The van der Waals surface area contributed by atoms with Crippen LogP contribution in [0.25, 0.3) is 6.08 Å². The summed E-state index contributed by atoms with van der Waals surface area (Å²) in [6.45, 7) is 4.00. The van der Waals surface area contributed by atoms with Gasteiger partial charge in [-0.3, -0.25) is 9.36 Å². The lowest BCUT2D eigenvalue weighted by Crippen LogP contribution is -2.39. The zero-order valence-corrected chi connectivity index (χ0v) is 27.7. The number of aromatic nitrogens is 1. The van der Waals surface area contributed by atoms with Crippen LogP contribution in [0.5, 0.6) is 5.75 Å². The Labute approximate surface area is 271 Å². The average Bonchev–Trinajstić information content (AvgIpc) is 3.23. The summed E-state index contributed by atoms with van der Waals surface area (Å²) in [6.07, 6.45) is 1.81. The van der Waals surface area contributed by atoms with Crippen molar-refractivity contribution in [2.45, 2.75) is 26.5 Å². The van der Waals surface area contributed by atoms with Crippen LogP contribution in [0, 0.1) is 13.0 Å². The number of fused-ring (bicyclic) bond motifs is 1. The first-order valence-corrected chi connectivity index (χ1v) is 15.8. The van der Waals surface area contributed by atoms with Crippen molar-refractivity contribution < 1.29 is 18.7 Å². The Morgan fingerprint density at radius 2 is 1.78 bits per heavy atom. The van der Waals surface area contributed by atoms with Crippen LogP contribution in [0.4, 0.5) is 4.39 Å². The molecule has 0 saturated heterocycles. The van der Waals surface area contributed by atoms with Gasteiger partial charge in [0.2, 0.25) is 0 Å². The van der Waals surface area contributed by atoms with Crippen molar-refractivity contribution in [2.75, 3.05) is 6.61 Å². The van der Waals surface area contributed by atoms with Crippen LogP contribution < -0.4 is 19.6 Å². The average molecular weight is 815 g/mol. The minimum absolute atomic E-state index is 0.173. The van der Waals surface area contributed by atoms with Crippen molar-refractivity contribution in [2.24, 2.45) is 4.99 Å². The summed E-state index contributed by atoms with van der Waals surface area (Å²) in [5, 5.41) is 0.670. The van der Waals surface area contributed by atoms with Crippen LogP contribution in [0.1, 0.15) is 36.6 Å². The SMILES string of the molecule is CCOC(=O)C1=C(C)N=c2s/c(=C\c3cc(I)c(OCc4ccc(Cl)cc4)c(I)c3)c(=O)n2[C@@H]1c1ccc(F)cc1. The molecule has 0 amide bonds. The van der Waals surface area contributed by atoms with Gasteiger partial charge in [0, 0.05) is 5.02 Å². The van der Waals surface area contributed by atoms with Crippen molar-refractivity contribution in [1.29, 1.82) is 0 Å². The van der Waals surface area contributed by atoms with Crippen LogP contribution >= 0.6 is 68.1 Å². The molecular formula is C30H22ClFI2N2O4S. The molecule has 1 aliphatic rings. The van der Waals surface area contributed by atoms with Crippen LogP contribution in [0.15, 0.2) is 81.7 Å². The lowest BCUT2D eigenvalue weighted by molar-refractivity contribution is -0.139. The van der Waals surface area contributed by atoms with Gasteiger partial charge in [-0.15, -0.1) is 0 Å². The fourth-order valence-corrected chi connectivity index (χ4v) is 7.74. The van der Waals surface area contributed by atoms with Crippen molar-refractivity contribution >= 4 is 80.2 Å². The Hall–Kier alpha value is -2.55. The van der Waals surface area contributed by atoms with Crippen LogP contribution in [0.3, 0.4) is 0 Å². The molecule has 210 valence electrons. The molecule has 5 rings (SSSR count). The van der Waals surface area contributed by atoms with Crippen molar-refractivity contribution in [3.8, 4) is 5.75 Å². The standard InChI is InChI=1S/C30H22ClFI2N2O4S/c1-3-39-29(38)25-16(2)35-30-36(26(25)19-6-10-21(32)11-7-19)28(37)24(41-30)14-18-12-22(33)27(23(34)13-18)40-15-17-4-8-20(31)9-5-17/h4-14,26H,3,15H2,1-2H3/b24-14-/t26-/m1/s1. The Kier molecular flexibility index (Phi) is 9.31. The smallest absolute Gasteiger partial charge is 0.338 e. The van der Waals surface area contributed by atoms with Gasteiger partial charge in [0.1, 0.15) is 18.2 Å². The molecule has 3 aromatic carbocycles. The van der Waals surface area contributed by atoms with Gasteiger partial charge < -0.3 is 9.47 Å². The number of carbonyl (C=O) groups is 1. The van der Waals surface area contributed by atoms with E-state index in [1.54, 1.807) is 26.0 Å². The number of allylic oxidation sites excluding steroid dienone is 1. The number of benzene rings is 3. The van der Waals surface area contributed by atoms with E-state index in [0.717, 1.165) is 24.0 Å². The van der Waals surface area contributed by atoms with Gasteiger partial charge in [-0.2, -0.15) is 0 Å². The van der Waals surface area contributed by atoms with E-state index in [2.05, 4.69) is 50.2 Å². The predicted octanol–water partition coefficient (Wildman–Crippen LogP) is 6.38. The first kappa shape index (κ1) is 29.9. The minimum atomic E-state index is -0.794. The van der Waals surface area contributed by atoms with Crippen LogP contribution in [0.2, 0.25) is 5.02 Å². The predicted molar refractivity (Wildman–Crippen MR) is 174 cm³/mol. The van der Waals surface area contributed by atoms with Gasteiger partial charge in [0.15, 0.2) is 4.80 Å². The highest BCUT2D eigenvalue weighted by Gasteiger charge is 2.33. The Morgan fingerprint density at radius 1 is 1.12 bits per heavy atom. The molecule has 0 bridgehead atoms. The zero-order valence-electron chi connectivity index (χ0n) is 21.8. The van der Waals surface area contributed by atoms with Gasteiger partial charge in [-0.1, -0.05) is 47.2 Å². The van der Waals surface area contributed by atoms with Gasteiger partial charge in [0.25, 0.3) is 5.56 Å². The number of thiazole rings is 1. The molecule has 1 atom stereocenters. The topological polar surface area (TPSA) is 69.9 Å². The molecule has 1 aliphatic heterocycles. The van der Waals surface area contributed by atoms with Gasteiger partial charge in [-0.25, -0.2) is 14.2 Å². The largest absolute Gasteiger partial charge is 0.487 e. The summed E-state index contributed by atoms with van der Waals surface area (Å²) < 4.78 is 28.9. The molecule has 11 heteroatoms. The second-order valence-corrected chi connectivity index (χ2v) is 12.9. The summed E-state index contributed by atoms with van der Waals surface area (Å²) in [6, 6.07) is 16.4. The van der Waals surface area contributed by atoms with E-state index in [-0.39, 0.29) is 17.7 Å². The molecule has 0 spiro atoms. The van der Waals surface area contributed by atoms with E-state index < -0.39 is 17.8 Å². The number of ether oxygens (including phenoxy) is 2. The van der Waals surface area contributed by atoms with E-state index in [1.165, 1.54) is 28.0 Å². The van der Waals surface area contributed by atoms with Crippen LogP contribution in [-0.4, -0.2) is 17.1 Å². The van der Waals surface area contributed by atoms with Crippen LogP contribution in [-0.2, 0) is 16.1 Å². The number of esters is 1. The summed E-state index contributed by atoms with van der Waals surface area (Å²) in [4.78, 5) is 31.8. The van der Waals surface area contributed by atoms with E-state index in [1.807, 2.05) is 42.5 Å². The second-order valence-electron chi connectivity index (χ2n) is 9.08. The third kappa shape index (κ3) is 6.45. The molecule has 0 radical (unpaired) electrons. The number of hydrogen-bond acceptors (Lipinski definition) is 6. The first-order valence-electron chi connectivity index (χ1n) is 12.5. The molecule has 0 saturated carbocycles. The number of rotatable bonds is 7. The molecule has 0 N–H and O–H groups in total. The first-order chi connectivity index (χ1) is 19.7. The highest BCUT2D eigenvalue weighted by Crippen LogP contribution is 2.32. The molecule has 0 fully saturated rings. The van der Waals surface area contributed by atoms with Gasteiger partial charge >= 0.3 is 5.97 Å². The molecule has 0 unspecified atom stereocenters. The fourth-order valence-electron chi connectivity index (χ4n) is 4.44. The summed E-state index contributed by atoms with van der Waals surface area (Å²) in [5.74, 6) is -0.217. The summed E-state index contributed by atoms with van der Waals surface area (Å²) in [7, 11) is 0. The monoisotopic (exact) mass is 814 g/mol. The third-order valence-electron chi connectivity index (χ3n) is 6.32. The highest BCUT2D eigenvalue weighted by atomic mass is 127. The normalized spacial score (nSPS) is 15.0. The van der Waals surface area contributed by atoms with Crippen molar-refractivity contribution in [3.05, 3.63) is 126 Å². The lowest BCUT2D eigenvalue weighted by Gasteiger charge is -2.24. The molecule has 1 aromatic heterocycles. The maximum Gasteiger partial charge on any atom is 0.338 e. The van der Waals surface area contributed by atoms with Crippen molar-refractivity contribution in [3.63, 3.8) is 0 Å². The lowest BCUT2D eigenvalue weighted by atomic mass is 9.96. The number of hydrogen-bond donors (Lipinski definition) is 0. The third-order valence-corrected chi connectivity index (χ3v) is 9.16. The zero-order chi connectivity index (χ0) is 29.3. The maximum absolute atomic E-state index is 13.8. The molecule has 41 heavy (non-hydrogen) atoms. The van der Waals surface area contributed by atoms with E-state index in [4.69, 9.17) is 21.1 Å². The van der Waals surface area contributed by atoms with E-state index in [0.29, 0.717) is 32.2 Å². The number of halogens is 4. The molecule has 0 aliphatic carbocycles. The summed E-state index contributed by atoms with van der Waals surface area (Å²) in [5.41, 5.74) is 2.82. The number of nitrogens with zero attached hydrogens (tertiary/aromatic N) is 2. The minimum Gasteiger partial charge on any atom is -0.487 e. The fraction of sp³-hybridized carbons (Fsp3) is 0.167. The van der Waals surface area contributed by atoms with Gasteiger partial charge in [-0.05, 0) is 118 Å². The van der Waals surface area contributed by atoms with E-state index in [9.17, 15) is 14.0 Å². The molecule has 2 heterocycles.